The van der Waals surface area contributed by atoms with Gasteiger partial charge in [0.15, 0.2) is 5.17 Å². The molecule has 1 aromatic rings. The van der Waals surface area contributed by atoms with Crippen LogP contribution < -0.4 is 5.73 Å². The second kappa shape index (κ2) is 6.09. The molecule has 0 unspecified atom stereocenters. The van der Waals surface area contributed by atoms with E-state index in [-0.39, 0.29) is 29.7 Å². The molecular weight excluding hydrogens is 299 g/mol. The monoisotopic (exact) mass is 310 g/mol. The fourth-order valence-corrected chi connectivity index (χ4v) is 0.897. The summed E-state index contributed by atoms with van der Waals surface area (Å²) >= 11 is 1.39. The van der Waals surface area contributed by atoms with Gasteiger partial charge in [-0.3, -0.25) is 0 Å². The van der Waals surface area contributed by atoms with Gasteiger partial charge in [-0.2, -0.15) is 0 Å². The third-order valence-electron chi connectivity index (χ3n) is 1.30. The molecule has 5 heteroatoms. The Labute approximate surface area is 98.5 Å². The highest BCUT2D eigenvalue weighted by molar-refractivity contribution is 14.0. The fraction of sp³-hybridized carbons (Fsp3) is 0.125. The number of rotatable bonds is 1. The maximum Gasteiger partial charge on any atom is 0.158 e. The van der Waals surface area contributed by atoms with Gasteiger partial charge in [-0.25, -0.2) is 4.99 Å². The lowest BCUT2D eigenvalue weighted by molar-refractivity contribution is 0.475. The van der Waals surface area contributed by atoms with Crippen molar-refractivity contribution >= 4 is 46.6 Å². The molecule has 0 aromatic heterocycles. The van der Waals surface area contributed by atoms with Gasteiger partial charge in [0.25, 0.3) is 0 Å². The van der Waals surface area contributed by atoms with E-state index in [1.54, 1.807) is 24.3 Å². The van der Waals surface area contributed by atoms with Crippen molar-refractivity contribution in [2.24, 2.45) is 10.7 Å². The van der Waals surface area contributed by atoms with E-state index in [0.717, 1.165) is 5.69 Å². The van der Waals surface area contributed by atoms with Crippen LogP contribution >= 0.6 is 35.7 Å². The van der Waals surface area contributed by atoms with E-state index in [4.69, 9.17) is 10.8 Å². The van der Waals surface area contributed by atoms with Gasteiger partial charge >= 0.3 is 0 Å². The number of halogens is 1. The van der Waals surface area contributed by atoms with Crippen LogP contribution in [0.1, 0.15) is 0 Å². The van der Waals surface area contributed by atoms with Gasteiger partial charge in [0.05, 0.1) is 5.69 Å². The van der Waals surface area contributed by atoms with Crippen LogP contribution in [-0.2, 0) is 0 Å². The zero-order valence-electron chi connectivity index (χ0n) is 7.10. The Hall–Kier alpha value is -0.430. The Bertz CT molecular complexity index is 287. The number of hydrogen-bond donors (Lipinski definition) is 2. The fourth-order valence-electron chi connectivity index (χ4n) is 0.700. The molecule has 0 aliphatic heterocycles. The molecule has 1 rings (SSSR count). The average molecular weight is 310 g/mol. The summed E-state index contributed by atoms with van der Waals surface area (Å²) in [5.74, 6) is 0.233. The SMILES string of the molecule is CSC(N)=Nc1ccc(O)cc1.I. The van der Waals surface area contributed by atoms with Crippen LogP contribution in [0.4, 0.5) is 5.69 Å². The third-order valence-corrected chi connectivity index (χ3v) is 1.81. The van der Waals surface area contributed by atoms with Gasteiger partial charge in [0, 0.05) is 0 Å². The predicted octanol–water partition coefficient (Wildman–Crippen LogP) is 2.32. The largest absolute Gasteiger partial charge is 0.508 e. The number of nitrogens with two attached hydrogens (primary N) is 1. The molecule has 0 heterocycles. The number of benzene rings is 1. The first-order valence-corrected chi connectivity index (χ1v) is 4.62. The molecular formula is C8H11IN2OS. The standard InChI is InChI=1S/C8H10N2OS.HI/c1-12-8(9)10-6-2-4-7(11)5-3-6;/h2-5,11H,1H3,(H2,9,10);1H. The van der Waals surface area contributed by atoms with E-state index in [9.17, 15) is 0 Å². The summed E-state index contributed by atoms with van der Waals surface area (Å²) in [7, 11) is 0. The average Bonchev–Trinajstić information content (AvgIpc) is 2.09. The predicted molar refractivity (Wildman–Crippen MR) is 68.3 cm³/mol. The first-order chi connectivity index (χ1) is 5.72. The quantitative estimate of drug-likeness (QED) is 0.475. The van der Waals surface area contributed by atoms with E-state index in [0.29, 0.717) is 5.17 Å². The zero-order valence-corrected chi connectivity index (χ0v) is 10.2. The van der Waals surface area contributed by atoms with Crippen molar-refractivity contribution in [2.75, 3.05) is 6.26 Å². The van der Waals surface area contributed by atoms with Gasteiger partial charge in [-0.15, -0.1) is 24.0 Å². The number of aromatic hydroxyl groups is 1. The van der Waals surface area contributed by atoms with Gasteiger partial charge in [-0.05, 0) is 30.5 Å². The Morgan fingerprint density at radius 3 is 2.38 bits per heavy atom. The normalized spacial score (nSPS) is 10.7. The van der Waals surface area contributed by atoms with Crippen LogP contribution in [0.15, 0.2) is 29.3 Å². The van der Waals surface area contributed by atoms with Crippen LogP contribution in [0.2, 0.25) is 0 Å². The highest BCUT2D eigenvalue weighted by Gasteiger charge is 1.91. The minimum atomic E-state index is 0. The number of aliphatic imine (C=N–C) groups is 1. The van der Waals surface area contributed by atoms with Crippen molar-refractivity contribution in [3.05, 3.63) is 24.3 Å². The summed E-state index contributed by atoms with van der Waals surface area (Å²) in [5.41, 5.74) is 6.24. The van der Waals surface area contributed by atoms with Crippen LogP contribution in [0.25, 0.3) is 0 Å². The molecule has 0 aliphatic carbocycles. The molecule has 72 valence electrons. The van der Waals surface area contributed by atoms with Gasteiger partial charge < -0.3 is 10.8 Å². The third kappa shape index (κ3) is 4.37. The lowest BCUT2D eigenvalue weighted by Crippen LogP contribution is -2.03. The first-order valence-electron chi connectivity index (χ1n) is 3.39. The van der Waals surface area contributed by atoms with Crippen LogP contribution in [0.5, 0.6) is 5.75 Å². The van der Waals surface area contributed by atoms with Gasteiger partial charge in [0.2, 0.25) is 0 Å². The number of thioether (sulfide) groups is 1. The Morgan fingerprint density at radius 2 is 1.92 bits per heavy atom. The minimum absolute atomic E-state index is 0. The lowest BCUT2D eigenvalue weighted by atomic mass is 10.3. The summed E-state index contributed by atoms with van der Waals surface area (Å²) < 4.78 is 0. The van der Waals surface area contributed by atoms with Crippen molar-refractivity contribution in [3.63, 3.8) is 0 Å². The second-order valence-electron chi connectivity index (χ2n) is 2.17. The summed E-state index contributed by atoms with van der Waals surface area (Å²) in [6.45, 7) is 0. The summed E-state index contributed by atoms with van der Waals surface area (Å²) in [6, 6.07) is 6.57. The molecule has 13 heavy (non-hydrogen) atoms. The Kier molecular flexibility index (Phi) is 5.89. The molecule has 0 fully saturated rings. The Balaban J connectivity index is 0.00000144. The highest BCUT2D eigenvalue weighted by atomic mass is 127. The van der Waals surface area contributed by atoms with E-state index in [1.807, 2.05) is 6.26 Å². The number of phenolic OH excluding ortho intramolecular Hbond substituents is 1. The van der Waals surface area contributed by atoms with Crippen molar-refractivity contribution in [3.8, 4) is 5.75 Å². The minimum Gasteiger partial charge on any atom is -0.508 e. The lowest BCUT2D eigenvalue weighted by Gasteiger charge is -1.96. The number of hydrogen-bond acceptors (Lipinski definition) is 3. The second-order valence-corrected chi connectivity index (χ2v) is 3.00. The maximum atomic E-state index is 8.96. The summed E-state index contributed by atoms with van der Waals surface area (Å²) in [4.78, 5) is 4.06. The summed E-state index contributed by atoms with van der Waals surface area (Å²) in [6.07, 6.45) is 1.86. The van der Waals surface area contributed by atoms with Gasteiger partial charge in [-0.1, -0.05) is 11.8 Å². The van der Waals surface area contributed by atoms with Crippen LogP contribution in [0.3, 0.4) is 0 Å². The van der Waals surface area contributed by atoms with Gasteiger partial charge in [0.1, 0.15) is 5.75 Å². The molecule has 0 saturated heterocycles. The number of amidine groups is 1. The van der Waals surface area contributed by atoms with Crippen molar-refractivity contribution in [1.82, 2.24) is 0 Å². The molecule has 3 N–H and O–H groups in total. The smallest absolute Gasteiger partial charge is 0.158 e. The van der Waals surface area contributed by atoms with Crippen LogP contribution in [0, 0.1) is 0 Å². The van der Waals surface area contributed by atoms with E-state index in [1.165, 1.54) is 11.8 Å². The highest BCUT2D eigenvalue weighted by Crippen LogP contribution is 2.17. The zero-order chi connectivity index (χ0) is 8.97. The first kappa shape index (κ1) is 12.6. The number of nitrogens with zero attached hydrogens (tertiary/aromatic N) is 1. The molecule has 0 saturated carbocycles. The van der Waals surface area contributed by atoms with E-state index >= 15 is 0 Å². The Morgan fingerprint density at radius 1 is 1.38 bits per heavy atom. The molecule has 0 amide bonds. The molecule has 0 radical (unpaired) electrons. The maximum absolute atomic E-state index is 8.96. The topological polar surface area (TPSA) is 58.6 Å². The van der Waals surface area contributed by atoms with E-state index < -0.39 is 0 Å². The van der Waals surface area contributed by atoms with E-state index in [2.05, 4.69) is 4.99 Å². The molecule has 3 nitrogen and oxygen atoms in total. The molecule has 0 bridgehead atoms. The molecule has 0 atom stereocenters. The summed E-state index contributed by atoms with van der Waals surface area (Å²) in [5, 5.41) is 9.48. The van der Waals surface area contributed by atoms with Crippen molar-refractivity contribution < 1.29 is 5.11 Å². The molecule has 0 spiro atoms. The molecule has 1 aromatic carbocycles. The van der Waals surface area contributed by atoms with Crippen LogP contribution in [-0.4, -0.2) is 16.5 Å². The van der Waals surface area contributed by atoms with Crippen molar-refractivity contribution in [2.45, 2.75) is 0 Å². The van der Waals surface area contributed by atoms with Crippen molar-refractivity contribution in [1.29, 1.82) is 0 Å². The number of phenols is 1. The molecule has 0 aliphatic rings.